The first kappa shape index (κ1) is 21.8. The largest absolute Gasteiger partial charge is 0.493 e. The van der Waals surface area contributed by atoms with Gasteiger partial charge in [-0.15, -0.1) is 0 Å². The number of hydrogen-bond acceptors (Lipinski definition) is 6. The monoisotopic (exact) mass is 452 g/mol. The molecule has 1 N–H and O–H groups in total. The van der Waals surface area contributed by atoms with Gasteiger partial charge in [-0.3, -0.25) is 9.48 Å². The summed E-state index contributed by atoms with van der Waals surface area (Å²) in [4.78, 5) is 20.6. The van der Waals surface area contributed by atoms with Crippen molar-refractivity contribution in [2.45, 2.75) is 36.5 Å². The highest BCUT2D eigenvalue weighted by Gasteiger charge is 2.22. The first-order chi connectivity index (χ1) is 15.4. The van der Waals surface area contributed by atoms with Gasteiger partial charge in [0, 0.05) is 7.05 Å². The lowest BCUT2D eigenvalue weighted by molar-refractivity contribution is 0.341. The Morgan fingerprint density at radius 1 is 1.06 bits per heavy atom. The van der Waals surface area contributed by atoms with Crippen molar-refractivity contribution in [3.63, 3.8) is 0 Å². The zero-order valence-corrected chi connectivity index (χ0v) is 18.9. The molecule has 166 valence electrons. The van der Waals surface area contributed by atoms with Crippen LogP contribution in [-0.2, 0) is 23.3 Å². The Labute approximate surface area is 185 Å². The molecule has 4 rings (SSSR count). The minimum Gasteiger partial charge on any atom is -0.493 e. The molecule has 9 heteroatoms. The molecular weight excluding hydrogens is 428 g/mol. The smallest absolute Gasteiger partial charge is 0.277 e. The SMILES string of the molecule is CCCc1nn(C)c2c(=O)[nH]c(-c3cc(S(=O)(=O)c4ccccc4)ccc3OCC)nc12. The Morgan fingerprint density at radius 3 is 2.50 bits per heavy atom. The Balaban J connectivity index is 1.94. The normalized spacial score (nSPS) is 11.7. The number of aromatic amines is 1. The number of ether oxygens (including phenoxy) is 1. The Kier molecular flexibility index (Phi) is 5.84. The molecule has 0 saturated heterocycles. The van der Waals surface area contributed by atoms with E-state index >= 15 is 0 Å². The summed E-state index contributed by atoms with van der Waals surface area (Å²) in [6, 6.07) is 12.8. The standard InChI is InChI=1S/C23H24N4O4S/c1-4-9-18-20-21(27(3)26-18)23(28)25-22(24-20)17-14-16(12-13-19(17)31-5-2)32(29,30)15-10-7-6-8-11-15/h6-8,10-14H,4-5,9H2,1-3H3,(H,24,25,28). The van der Waals surface area contributed by atoms with E-state index in [1.54, 1.807) is 43.4 Å². The van der Waals surface area contributed by atoms with Crippen molar-refractivity contribution >= 4 is 20.9 Å². The number of rotatable bonds is 7. The van der Waals surface area contributed by atoms with E-state index in [1.807, 2.05) is 13.8 Å². The van der Waals surface area contributed by atoms with Gasteiger partial charge in [0.25, 0.3) is 5.56 Å². The maximum Gasteiger partial charge on any atom is 0.277 e. The van der Waals surface area contributed by atoms with Crippen LogP contribution in [0.5, 0.6) is 5.75 Å². The number of benzene rings is 2. The van der Waals surface area contributed by atoms with Crippen LogP contribution < -0.4 is 10.3 Å². The molecule has 0 spiro atoms. The molecule has 0 amide bonds. The molecule has 0 fully saturated rings. The van der Waals surface area contributed by atoms with E-state index in [2.05, 4.69) is 15.1 Å². The quantitative estimate of drug-likeness (QED) is 0.460. The second-order valence-corrected chi connectivity index (χ2v) is 9.29. The number of hydrogen-bond donors (Lipinski definition) is 1. The fraction of sp³-hybridized carbons (Fsp3) is 0.261. The van der Waals surface area contributed by atoms with Crippen LogP contribution in [-0.4, -0.2) is 34.8 Å². The van der Waals surface area contributed by atoms with Crippen LogP contribution in [0.15, 0.2) is 63.1 Å². The maximum atomic E-state index is 13.2. The van der Waals surface area contributed by atoms with E-state index in [0.29, 0.717) is 35.4 Å². The fourth-order valence-electron chi connectivity index (χ4n) is 3.66. The van der Waals surface area contributed by atoms with Crippen LogP contribution >= 0.6 is 0 Å². The predicted octanol–water partition coefficient (Wildman–Crippen LogP) is 3.51. The molecule has 0 atom stereocenters. The summed E-state index contributed by atoms with van der Waals surface area (Å²) in [6.07, 6.45) is 1.53. The average Bonchev–Trinajstić information content (AvgIpc) is 3.10. The first-order valence-corrected chi connectivity index (χ1v) is 11.9. The van der Waals surface area contributed by atoms with Gasteiger partial charge in [0.2, 0.25) is 9.84 Å². The van der Waals surface area contributed by atoms with Crippen LogP contribution in [0, 0.1) is 0 Å². The molecule has 0 radical (unpaired) electrons. The van der Waals surface area contributed by atoms with Crippen LogP contribution in [0.2, 0.25) is 0 Å². The number of sulfone groups is 1. The number of aryl methyl sites for hydroxylation is 2. The van der Waals surface area contributed by atoms with E-state index in [1.165, 1.54) is 16.8 Å². The van der Waals surface area contributed by atoms with Gasteiger partial charge in [0.1, 0.15) is 17.1 Å². The minimum absolute atomic E-state index is 0.0878. The van der Waals surface area contributed by atoms with Gasteiger partial charge in [-0.1, -0.05) is 31.5 Å². The van der Waals surface area contributed by atoms with Crippen molar-refractivity contribution in [3.8, 4) is 17.1 Å². The highest BCUT2D eigenvalue weighted by atomic mass is 32.2. The minimum atomic E-state index is -3.76. The van der Waals surface area contributed by atoms with Crippen LogP contribution in [0.4, 0.5) is 0 Å². The summed E-state index contributed by atoms with van der Waals surface area (Å²) < 4.78 is 33.6. The Bertz CT molecular complexity index is 1440. The lowest BCUT2D eigenvalue weighted by atomic mass is 10.1. The van der Waals surface area contributed by atoms with Gasteiger partial charge >= 0.3 is 0 Å². The number of nitrogens with zero attached hydrogens (tertiary/aromatic N) is 3. The first-order valence-electron chi connectivity index (χ1n) is 10.4. The molecule has 2 heterocycles. The summed E-state index contributed by atoms with van der Waals surface area (Å²) in [6.45, 7) is 4.23. The van der Waals surface area contributed by atoms with Gasteiger partial charge < -0.3 is 9.72 Å². The topological polar surface area (TPSA) is 107 Å². The molecule has 32 heavy (non-hydrogen) atoms. The van der Waals surface area contributed by atoms with Crippen molar-refractivity contribution < 1.29 is 13.2 Å². The van der Waals surface area contributed by atoms with Gasteiger partial charge in [0.15, 0.2) is 5.52 Å². The third kappa shape index (κ3) is 3.80. The second-order valence-electron chi connectivity index (χ2n) is 7.34. The number of fused-ring (bicyclic) bond motifs is 1. The highest BCUT2D eigenvalue weighted by molar-refractivity contribution is 7.91. The molecule has 0 unspecified atom stereocenters. The van der Waals surface area contributed by atoms with Crippen molar-refractivity contribution in [3.05, 3.63) is 64.6 Å². The molecule has 0 aliphatic heterocycles. The zero-order valence-electron chi connectivity index (χ0n) is 18.1. The second kappa shape index (κ2) is 8.58. The number of H-pyrrole nitrogens is 1. The van der Waals surface area contributed by atoms with Crippen LogP contribution in [0.25, 0.3) is 22.4 Å². The van der Waals surface area contributed by atoms with Crippen molar-refractivity contribution in [2.75, 3.05) is 6.61 Å². The summed E-state index contributed by atoms with van der Waals surface area (Å²) in [5.41, 5.74) is 1.66. The average molecular weight is 453 g/mol. The summed E-state index contributed by atoms with van der Waals surface area (Å²) in [7, 11) is -2.05. The molecule has 8 nitrogen and oxygen atoms in total. The third-order valence-corrected chi connectivity index (χ3v) is 6.89. The van der Waals surface area contributed by atoms with Gasteiger partial charge in [-0.25, -0.2) is 13.4 Å². The van der Waals surface area contributed by atoms with E-state index in [9.17, 15) is 13.2 Å². The zero-order chi connectivity index (χ0) is 22.9. The fourth-order valence-corrected chi connectivity index (χ4v) is 4.97. The van der Waals surface area contributed by atoms with E-state index in [-0.39, 0.29) is 21.2 Å². The molecular formula is C23H24N4O4S. The highest BCUT2D eigenvalue weighted by Crippen LogP contribution is 2.33. The van der Waals surface area contributed by atoms with Gasteiger partial charge in [-0.05, 0) is 43.7 Å². The van der Waals surface area contributed by atoms with Crippen molar-refractivity contribution in [1.82, 2.24) is 19.7 Å². The van der Waals surface area contributed by atoms with E-state index in [0.717, 1.165) is 12.1 Å². The summed E-state index contributed by atoms with van der Waals surface area (Å²) in [5.74, 6) is 0.671. The summed E-state index contributed by atoms with van der Waals surface area (Å²) >= 11 is 0. The van der Waals surface area contributed by atoms with Crippen molar-refractivity contribution in [2.24, 2.45) is 7.05 Å². The molecule has 0 saturated carbocycles. The molecule has 0 aliphatic rings. The molecule has 0 aliphatic carbocycles. The molecule has 2 aromatic carbocycles. The number of nitrogens with one attached hydrogen (secondary N) is 1. The third-order valence-electron chi connectivity index (χ3n) is 5.12. The Morgan fingerprint density at radius 2 is 1.81 bits per heavy atom. The molecule has 4 aromatic rings. The van der Waals surface area contributed by atoms with Crippen molar-refractivity contribution in [1.29, 1.82) is 0 Å². The van der Waals surface area contributed by atoms with E-state index < -0.39 is 9.84 Å². The van der Waals surface area contributed by atoms with E-state index in [4.69, 9.17) is 4.74 Å². The number of aromatic nitrogens is 4. The van der Waals surface area contributed by atoms with Gasteiger partial charge in [0.05, 0.1) is 27.7 Å². The Hall–Kier alpha value is -3.46. The summed E-state index contributed by atoms with van der Waals surface area (Å²) in [5, 5.41) is 4.44. The van der Waals surface area contributed by atoms with Gasteiger partial charge in [-0.2, -0.15) is 5.10 Å². The van der Waals surface area contributed by atoms with Crippen LogP contribution in [0.1, 0.15) is 26.0 Å². The predicted molar refractivity (Wildman–Crippen MR) is 122 cm³/mol. The maximum absolute atomic E-state index is 13.2. The van der Waals surface area contributed by atoms with Crippen LogP contribution in [0.3, 0.4) is 0 Å². The molecule has 2 aromatic heterocycles. The lowest BCUT2D eigenvalue weighted by Crippen LogP contribution is -2.13. The molecule has 0 bridgehead atoms. The lowest BCUT2D eigenvalue weighted by Gasteiger charge is -2.12.